The fraction of sp³-hybridized carbons (Fsp3) is 0.471. The molecule has 0 spiro atoms. The van der Waals surface area contributed by atoms with Crippen molar-refractivity contribution in [1.29, 1.82) is 0 Å². The number of hydrogen-bond acceptors (Lipinski definition) is 4. The average molecular weight is 315 g/mol. The number of carbonyl (C=O) groups excluding carboxylic acids is 2. The molecule has 23 heavy (non-hydrogen) atoms. The Kier molecular flexibility index (Phi) is 4.90. The highest BCUT2D eigenvalue weighted by Crippen LogP contribution is 2.11. The largest absolute Gasteiger partial charge is 0.451 e. The van der Waals surface area contributed by atoms with Crippen molar-refractivity contribution in [2.45, 2.75) is 32.1 Å². The molecule has 1 aliphatic rings. The number of hydrogen-bond donors (Lipinski definition) is 0. The molecule has 6 nitrogen and oxygen atoms in total. The molecular formula is C17H21N3O3. The highest BCUT2D eigenvalue weighted by Gasteiger charge is 2.18. The third kappa shape index (κ3) is 3.88. The molecule has 2 aromatic rings. The molecule has 1 fully saturated rings. The Labute approximate surface area is 135 Å². The van der Waals surface area contributed by atoms with Crippen LogP contribution in [0.1, 0.15) is 42.6 Å². The standard InChI is InChI=1S/C17H21N3O3/c21-16(19-9-5-2-1-3-6-10-19)13-23-17(22)14-12-20-11-7-4-8-15(20)18-14/h4,7-8,11-12H,1-3,5-6,9-10,13H2. The number of imidazole rings is 1. The van der Waals surface area contributed by atoms with E-state index in [1.807, 2.05) is 24.4 Å². The predicted octanol–water partition coefficient (Wildman–Crippen LogP) is 2.28. The van der Waals surface area contributed by atoms with Gasteiger partial charge in [0.05, 0.1) is 0 Å². The van der Waals surface area contributed by atoms with Crippen molar-refractivity contribution in [3.8, 4) is 0 Å². The van der Waals surface area contributed by atoms with E-state index in [1.54, 1.807) is 15.5 Å². The Hall–Kier alpha value is -2.37. The van der Waals surface area contributed by atoms with E-state index in [2.05, 4.69) is 4.98 Å². The Morgan fingerprint density at radius 2 is 1.83 bits per heavy atom. The number of esters is 1. The highest BCUT2D eigenvalue weighted by atomic mass is 16.5. The van der Waals surface area contributed by atoms with Crippen molar-refractivity contribution < 1.29 is 14.3 Å². The minimum absolute atomic E-state index is 0.121. The molecule has 2 aromatic heterocycles. The first-order valence-corrected chi connectivity index (χ1v) is 8.13. The Bertz CT molecular complexity index is 654. The van der Waals surface area contributed by atoms with Crippen LogP contribution in [0.2, 0.25) is 0 Å². The summed E-state index contributed by atoms with van der Waals surface area (Å²) >= 11 is 0. The fourth-order valence-electron chi connectivity index (χ4n) is 2.82. The van der Waals surface area contributed by atoms with Crippen molar-refractivity contribution in [3.05, 3.63) is 36.3 Å². The summed E-state index contributed by atoms with van der Waals surface area (Å²) in [6.07, 6.45) is 9.02. The first-order chi connectivity index (χ1) is 11.2. The minimum Gasteiger partial charge on any atom is -0.451 e. The second-order valence-corrected chi connectivity index (χ2v) is 5.82. The van der Waals surface area contributed by atoms with Gasteiger partial charge in [0.1, 0.15) is 5.65 Å². The second kappa shape index (κ2) is 7.26. The number of fused-ring (bicyclic) bond motifs is 1. The molecule has 0 N–H and O–H groups in total. The van der Waals surface area contributed by atoms with Gasteiger partial charge >= 0.3 is 5.97 Å². The molecule has 1 amide bonds. The van der Waals surface area contributed by atoms with E-state index in [4.69, 9.17) is 4.74 Å². The summed E-state index contributed by atoms with van der Waals surface area (Å²) in [4.78, 5) is 30.2. The topological polar surface area (TPSA) is 63.9 Å². The number of nitrogens with zero attached hydrogens (tertiary/aromatic N) is 3. The number of aromatic nitrogens is 2. The molecule has 6 heteroatoms. The lowest BCUT2D eigenvalue weighted by Gasteiger charge is -2.24. The molecule has 0 aliphatic carbocycles. The SMILES string of the molecule is O=C(OCC(=O)N1CCCCCCC1)c1cn2ccccc2n1. The number of likely N-dealkylation sites (tertiary alicyclic amines) is 1. The van der Waals surface area contributed by atoms with Gasteiger partial charge in [-0.15, -0.1) is 0 Å². The van der Waals surface area contributed by atoms with Crippen LogP contribution in [0.25, 0.3) is 5.65 Å². The van der Waals surface area contributed by atoms with Crippen LogP contribution in [0.3, 0.4) is 0 Å². The van der Waals surface area contributed by atoms with Crippen LogP contribution >= 0.6 is 0 Å². The van der Waals surface area contributed by atoms with Crippen molar-refractivity contribution in [3.63, 3.8) is 0 Å². The zero-order chi connectivity index (χ0) is 16.1. The quantitative estimate of drug-likeness (QED) is 0.815. The number of ether oxygens (including phenoxy) is 1. The molecule has 3 rings (SSSR count). The molecule has 122 valence electrons. The van der Waals surface area contributed by atoms with E-state index in [0.717, 1.165) is 38.8 Å². The number of amides is 1. The fourth-order valence-corrected chi connectivity index (χ4v) is 2.82. The molecule has 0 unspecified atom stereocenters. The molecule has 0 aromatic carbocycles. The molecule has 1 saturated heterocycles. The summed E-state index contributed by atoms with van der Waals surface area (Å²) in [6, 6.07) is 5.51. The summed E-state index contributed by atoms with van der Waals surface area (Å²) in [5.41, 5.74) is 0.895. The van der Waals surface area contributed by atoms with Gasteiger partial charge in [0, 0.05) is 25.5 Å². The van der Waals surface area contributed by atoms with E-state index >= 15 is 0 Å². The van der Waals surface area contributed by atoms with Crippen LogP contribution in [0.4, 0.5) is 0 Å². The predicted molar refractivity (Wildman–Crippen MR) is 85.1 cm³/mol. The molecule has 1 aliphatic heterocycles. The lowest BCUT2D eigenvalue weighted by atomic mass is 10.1. The third-order valence-corrected chi connectivity index (χ3v) is 4.11. The average Bonchev–Trinajstić information content (AvgIpc) is 2.96. The van der Waals surface area contributed by atoms with Gasteiger partial charge in [-0.25, -0.2) is 9.78 Å². The molecule has 0 saturated carbocycles. The zero-order valence-electron chi connectivity index (χ0n) is 13.1. The van der Waals surface area contributed by atoms with Gasteiger partial charge in [-0.1, -0.05) is 25.3 Å². The van der Waals surface area contributed by atoms with Gasteiger partial charge in [-0.2, -0.15) is 0 Å². The van der Waals surface area contributed by atoms with Gasteiger partial charge in [-0.3, -0.25) is 4.79 Å². The van der Waals surface area contributed by atoms with Crippen molar-refractivity contribution in [2.24, 2.45) is 0 Å². The van der Waals surface area contributed by atoms with Crippen molar-refractivity contribution in [1.82, 2.24) is 14.3 Å². The van der Waals surface area contributed by atoms with E-state index in [1.165, 1.54) is 6.42 Å². The van der Waals surface area contributed by atoms with E-state index in [-0.39, 0.29) is 18.2 Å². The Morgan fingerprint density at radius 3 is 2.57 bits per heavy atom. The van der Waals surface area contributed by atoms with Gasteiger partial charge < -0.3 is 14.0 Å². The maximum atomic E-state index is 12.2. The van der Waals surface area contributed by atoms with Crippen molar-refractivity contribution >= 4 is 17.5 Å². The first-order valence-electron chi connectivity index (χ1n) is 8.13. The van der Waals surface area contributed by atoms with Gasteiger partial charge in [0.15, 0.2) is 12.3 Å². The smallest absolute Gasteiger partial charge is 0.359 e. The maximum absolute atomic E-state index is 12.2. The Balaban J connectivity index is 1.56. The molecule has 0 radical (unpaired) electrons. The van der Waals surface area contributed by atoms with Gasteiger partial charge in [0.25, 0.3) is 5.91 Å². The number of pyridine rings is 1. The normalized spacial score (nSPS) is 15.9. The zero-order valence-corrected chi connectivity index (χ0v) is 13.1. The summed E-state index contributed by atoms with van der Waals surface area (Å²) in [6.45, 7) is 1.29. The summed E-state index contributed by atoms with van der Waals surface area (Å²) in [5, 5.41) is 0. The second-order valence-electron chi connectivity index (χ2n) is 5.82. The molecule has 3 heterocycles. The lowest BCUT2D eigenvalue weighted by Crippen LogP contribution is -2.37. The van der Waals surface area contributed by atoms with E-state index in [9.17, 15) is 9.59 Å². The third-order valence-electron chi connectivity index (χ3n) is 4.11. The maximum Gasteiger partial charge on any atom is 0.359 e. The lowest BCUT2D eigenvalue weighted by molar-refractivity contribution is -0.134. The van der Waals surface area contributed by atoms with Crippen LogP contribution < -0.4 is 0 Å². The monoisotopic (exact) mass is 315 g/mol. The molecular weight excluding hydrogens is 294 g/mol. The van der Waals surface area contributed by atoms with Gasteiger partial charge in [-0.05, 0) is 25.0 Å². The van der Waals surface area contributed by atoms with E-state index in [0.29, 0.717) is 5.65 Å². The first kappa shape index (κ1) is 15.5. The Morgan fingerprint density at radius 1 is 1.09 bits per heavy atom. The summed E-state index contributed by atoms with van der Waals surface area (Å²) in [7, 11) is 0. The van der Waals surface area contributed by atoms with Crippen LogP contribution in [0.15, 0.2) is 30.6 Å². The van der Waals surface area contributed by atoms with Crippen molar-refractivity contribution in [2.75, 3.05) is 19.7 Å². The van der Waals surface area contributed by atoms with Crippen LogP contribution in [0.5, 0.6) is 0 Å². The van der Waals surface area contributed by atoms with Gasteiger partial charge in [0.2, 0.25) is 0 Å². The van der Waals surface area contributed by atoms with Crippen LogP contribution in [0, 0.1) is 0 Å². The van der Waals surface area contributed by atoms with Crippen LogP contribution in [-0.4, -0.2) is 45.9 Å². The number of carbonyl (C=O) groups is 2. The van der Waals surface area contributed by atoms with E-state index < -0.39 is 5.97 Å². The van der Waals surface area contributed by atoms with Crippen LogP contribution in [-0.2, 0) is 9.53 Å². The molecule has 0 atom stereocenters. The number of rotatable bonds is 3. The summed E-state index contributed by atoms with van der Waals surface area (Å²) < 4.78 is 6.89. The summed E-state index contributed by atoms with van der Waals surface area (Å²) in [5.74, 6) is -0.682. The minimum atomic E-state index is -0.561. The molecule has 0 bridgehead atoms. The highest BCUT2D eigenvalue weighted by molar-refractivity contribution is 5.90.